The van der Waals surface area contributed by atoms with Crippen LogP contribution in [0.15, 0.2) is 122 Å². The molecule has 0 aliphatic heterocycles. The van der Waals surface area contributed by atoms with E-state index in [0.29, 0.717) is 0 Å². The van der Waals surface area contributed by atoms with Crippen molar-refractivity contribution < 1.29 is 19.5 Å². The van der Waals surface area contributed by atoms with Gasteiger partial charge in [-0.3, -0.25) is 25.3 Å². The van der Waals surface area contributed by atoms with Gasteiger partial charge in [0.25, 0.3) is 0 Å². The molecular weight excluding hydrogens is 666 g/mol. The number of nitrogens with two attached hydrogens (primary N) is 1. The predicted octanol–water partition coefficient (Wildman–Crippen LogP) is 8.64. The molecule has 7 heteroatoms. The molecule has 0 aliphatic carbocycles. The van der Waals surface area contributed by atoms with Crippen LogP contribution < -0.4 is 5.73 Å². The van der Waals surface area contributed by atoms with E-state index in [1.165, 1.54) is 40.3 Å². The number of amidine groups is 1. The second-order valence-corrected chi connectivity index (χ2v) is 11.5. The first kappa shape index (κ1) is 36.6. The van der Waals surface area contributed by atoms with Gasteiger partial charge in [-0.05, 0) is 45.7 Å². The van der Waals surface area contributed by atoms with Crippen molar-refractivity contribution in [1.82, 2.24) is 19.9 Å². The van der Waals surface area contributed by atoms with E-state index >= 15 is 0 Å². The van der Waals surface area contributed by atoms with E-state index in [1.54, 1.807) is 24.8 Å². The molecule has 0 fully saturated rings. The van der Waals surface area contributed by atoms with Crippen molar-refractivity contribution in [2.24, 2.45) is 5.73 Å². The molecule has 4 aromatic carbocycles. The third-order valence-electron chi connectivity index (χ3n) is 6.95. The van der Waals surface area contributed by atoms with Crippen molar-refractivity contribution in [1.29, 1.82) is 5.41 Å². The molecule has 2 heterocycles. The van der Waals surface area contributed by atoms with E-state index in [4.69, 9.17) is 11.1 Å². The maximum atomic E-state index is 6.28. The zero-order valence-electron chi connectivity index (χ0n) is 27.7. The minimum atomic E-state index is 0. The van der Waals surface area contributed by atoms with Gasteiger partial charge in [0.1, 0.15) is 0 Å². The van der Waals surface area contributed by atoms with Crippen molar-refractivity contribution in [2.75, 3.05) is 0 Å². The summed E-state index contributed by atoms with van der Waals surface area (Å²) in [6.45, 7) is 10.0. The Morgan fingerprint density at radius 1 is 0.532 bits per heavy atom. The van der Waals surface area contributed by atoms with Gasteiger partial charge in [-0.25, -0.2) is 0 Å². The summed E-state index contributed by atoms with van der Waals surface area (Å²) < 4.78 is 0. The number of rotatable bonds is 6. The Kier molecular flexibility index (Phi) is 14.3. The number of nitrogens with one attached hydrogen (secondary N) is 1. The molecule has 2 aromatic heterocycles. The Balaban J connectivity index is 0.000000225. The summed E-state index contributed by atoms with van der Waals surface area (Å²) in [4.78, 5) is 18.1. The molecule has 6 rings (SSSR count). The summed E-state index contributed by atoms with van der Waals surface area (Å²) in [5.74, 6) is 0.167. The van der Waals surface area contributed by atoms with Crippen LogP contribution in [-0.4, -0.2) is 25.8 Å². The first-order valence-electron chi connectivity index (χ1n) is 15.3. The molecule has 0 amide bonds. The van der Waals surface area contributed by atoms with Crippen LogP contribution in [0.2, 0.25) is 0 Å². The molecule has 0 atom stereocenters. The second kappa shape index (κ2) is 18.3. The van der Waals surface area contributed by atoms with Crippen LogP contribution in [0.5, 0.6) is 0 Å². The predicted molar refractivity (Wildman–Crippen MR) is 190 cm³/mol. The molecule has 6 nitrogen and oxygen atoms in total. The summed E-state index contributed by atoms with van der Waals surface area (Å²) in [6.07, 6.45) is 8.66. The van der Waals surface area contributed by atoms with Crippen LogP contribution in [0.25, 0.3) is 22.5 Å². The van der Waals surface area contributed by atoms with E-state index in [9.17, 15) is 0 Å². The average molecular weight is 708 g/mol. The van der Waals surface area contributed by atoms with Gasteiger partial charge in [-0.1, -0.05) is 119 Å². The smallest absolute Gasteiger partial charge is 0.388 e. The van der Waals surface area contributed by atoms with E-state index in [0.717, 1.165) is 46.7 Å². The van der Waals surface area contributed by atoms with Gasteiger partial charge in [0.2, 0.25) is 0 Å². The van der Waals surface area contributed by atoms with Crippen molar-refractivity contribution in [2.45, 2.75) is 47.5 Å². The average Bonchev–Trinajstić information content (AvgIpc) is 3.02. The molecular formula is C40H42N6Ru+3. The SMILES string of the molecule is CC(=N)N.Cc1cc(C)cc(Cc2nccnc2-c2ccccc2)c1.Cc1cc(C)cc(Cc2nccnc2-c2ccccc2)c1.[Ru+3]. The summed E-state index contributed by atoms with van der Waals surface area (Å²) in [6, 6.07) is 33.7. The molecule has 3 N–H and O–H groups in total. The maximum absolute atomic E-state index is 6.28. The molecule has 0 spiro atoms. The number of benzene rings is 4. The van der Waals surface area contributed by atoms with Gasteiger partial charge in [0, 0.05) is 48.8 Å². The van der Waals surface area contributed by atoms with E-state index in [-0.39, 0.29) is 25.3 Å². The standard InChI is InChI=1S/2C19H18N2.C2H6N2.Ru/c2*1-14-10-15(2)12-16(11-14)13-18-19(21-9-8-20-18)17-6-4-3-5-7-17;1-2(3)4;/h2*3-12H,13H2,1-2H3;1H3,(H3,3,4);/q;;;+3. The number of aromatic nitrogens is 4. The first-order valence-corrected chi connectivity index (χ1v) is 15.3. The van der Waals surface area contributed by atoms with E-state index < -0.39 is 0 Å². The molecule has 0 saturated carbocycles. The summed E-state index contributed by atoms with van der Waals surface area (Å²) in [5, 5.41) is 6.28. The fourth-order valence-corrected chi connectivity index (χ4v) is 5.40. The topological polar surface area (TPSA) is 101 Å². The van der Waals surface area contributed by atoms with E-state index in [2.05, 4.69) is 108 Å². The Bertz CT molecular complexity index is 1700. The van der Waals surface area contributed by atoms with Crippen molar-refractivity contribution >= 4 is 5.84 Å². The normalized spacial score (nSPS) is 9.98. The molecule has 0 aliphatic rings. The van der Waals surface area contributed by atoms with Crippen molar-refractivity contribution in [3.63, 3.8) is 0 Å². The van der Waals surface area contributed by atoms with Gasteiger partial charge in [0.15, 0.2) is 0 Å². The number of nitrogens with zero attached hydrogens (tertiary/aromatic N) is 4. The molecule has 0 bridgehead atoms. The summed E-state index contributed by atoms with van der Waals surface area (Å²) in [7, 11) is 0. The van der Waals surface area contributed by atoms with Crippen molar-refractivity contribution in [3.8, 4) is 22.5 Å². The van der Waals surface area contributed by atoms with Gasteiger partial charge < -0.3 is 5.73 Å². The molecule has 0 saturated heterocycles. The minimum Gasteiger partial charge on any atom is -0.388 e. The van der Waals surface area contributed by atoms with Crippen LogP contribution in [0.3, 0.4) is 0 Å². The fourth-order valence-electron chi connectivity index (χ4n) is 5.40. The number of hydrogen-bond donors (Lipinski definition) is 2. The molecule has 47 heavy (non-hydrogen) atoms. The first-order chi connectivity index (χ1) is 22.2. The van der Waals surface area contributed by atoms with Crippen LogP contribution >= 0.6 is 0 Å². The minimum absolute atomic E-state index is 0. The third kappa shape index (κ3) is 11.8. The number of hydrogen-bond acceptors (Lipinski definition) is 5. The van der Waals surface area contributed by atoms with Gasteiger partial charge >= 0.3 is 19.5 Å². The Morgan fingerprint density at radius 2 is 0.830 bits per heavy atom. The summed E-state index contributed by atoms with van der Waals surface area (Å²) in [5.41, 5.74) is 18.6. The molecule has 0 unspecified atom stereocenters. The van der Waals surface area contributed by atoms with Crippen LogP contribution in [-0.2, 0) is 32.3 Å². The zero-order valence-corrected chi connectivity index (χ0v) is 29.4. The van der Waals surface area contributed by atoms with Crippen LogP contribution in [0, 0.1) is 33.1 Å². The molecule has 6 aromatic rings. The molecule has 1 radical (unpaired) electrons. The number of aryl methyl sites for hydroxylation is 4. The Labute approximate surface area is 291 Å². The third-order valence-corrected chi connectivity index (χ3v) is 6.95. The largest absolute Gasteiger partial charge is 3.00 e. The van der Waals surface area contributed by atoms with Crippen LogP contribution in [0.4, 0.5) is 0 Å². The Hall–Kier alpha value is -4.87. The summed E-state index contributed by atoms with van der Waals surface area (Å²) >= 11 is 0. The quantitative estimate of drug-likeness (QED) is 0.103. The van der Waals surface area contributed by atoms with Gasteiger partial charge in [-0.15, -0.1) is 0 Å². The van der Waals surface area contributed by atoms with Crippen molar-refractivity contribution in [3.05, 3.63) is 167 Å². The zero-order chi connectivity index (χ0) is 32.9. The van der Waals surface area contributed by atoms with Gasteiger partial charge in [0.05, 0.1) is 28.6 Å². The Morgan fingerprint density at radius 3 is 1.15 bits per heavy atom. The van der Waals surface area contributed by atoms with Crippen LogP contribution in [0.1, 0.15) is 51.7 Å². The second-order valence-electron chi connectivity index (χ2n) is 11.5. The monoisotopic (exact) mass is 708 g/mol. The maximum Gasteiger partial charge on any atom is 3.00 e. The van der Waals surface area contributed by atoms with Gasteiger partial charge in [-0.2, -0.15) is 0 Å². The van der Waals surface area contributed by atoms with E-state index in [1.807, 2.05) is 36.4 Å². The molecule has 237 valence electrons. The fraction of sp³-hybridized carbons (Fsp3) is 0.175.